The lowest BCUT2D eigenvalue weighted by Gasteiger charge is -2.09. The molecule has 1 nitrogen and oxygen atoms in total. The number of aryl methyl sites for hydroxylation is 1. The lowest BCUT2D eigenvalue weighted by Crippen LogP contribution is -1.88. The fourth-order valence-corrected chi connectivity index (χ4v) is 3.75. The molecular weight excluding hydrogens is 374 g/mol. The lowest BCUT2D eigenvalue weighted by molar-refractivity contribution is 1.24. The molecule has 0 aliphatic carbocycles. The number of allylic oxidation sites excluding steroid dienone is 3. The quantitative estimate of drug-likeness (QED) is 0.296. The van der Waals surface area contributed by atoms with Crippen LogP contribution in [0.25, 0.3) is 39.2 Å². The Morgan fingerprint density at radius 3 is 1.71 bits per heavy atom. The molecule has 0 unspecified atom stereocenters. The van der Waals surface area contributed by atoms with Crippen LogP contribution in [-0.4, -0.2) is 4.98 Å². The fraction of sp³-hybridized carbons (Fsp3) is 0.100. The van der Waals surface area contributed by atoms with Gasteiger partial charge in [0.25, 0.3) is 0 Å². The maximum atomic E-state index is 4.89. The second kappa shape index (κ2) is 9.40. The van der Waals surface area contributed by atoms with E-state index in [2.05, 4.69) is 117 Å². The Morgan fingerprint density at radius 1 is 0.710 bits per heavy atom. The van der Waals surface area contributed by atoms with Crippen LogP contribution in [0.1, 0.15) is 24.5 Å². The summed E-state index contributed by atoms with van der Waals surface area (Å²) in [6.07, 6.45) is 4.93. The van der Waals surface area contributed by atoms with E-state index in [1.807, 2.05) is 6.08 Å². The molecule has 0 bridgehead atoms. The van der Waals surface area contributed by atoms with Gasteiger partial charge in [0.15, 0.2) is 0 Å². The van der Waals surface area contributed by atoms with Crippen molar-refractivity contribution in [3.05, 3.63) is 121 Å². The number of pyridine rings is 1. The topological polar surface area (TPSA) is 12.9 Å². The molecule has 0 saturated heterocycles. The first-order valence-electron chi connectivity index (χ1n) is 10.7. The Morgan fingerprint density at radius 2 is 1.19 bits per heavy atom. The molecule has 0 radical (unpaired) electrons. The van der Waals surface area contributed by atoms with E-state index in [-0.39, 0.29) is 0 Å². The summed E-state index contributed by atoms with van der Waals surface area (Å²) in [7, 11) is 0. The molecular formula is C30H27N. The molecule has 1 aromatic heterocycles. The van der Waals surface area contributed by atoms with Crippen LogP contribution in [0, 0.1) is 6.92 Å². The molecule has 0 fully saturated rings. The highest BCUT2D eigenvalue weighted by Gasteiger charge is 2.05. The number of nitrogens with zero attached hydrogens (tertiary/aromatic N) is 1. The average molecular weight is 402 g/mol. The van der Waals surface area contributed by atoms with Crippen molar-refractivity contribution in [2.24, 2.45) is 0 Å². The van der Waals surface area contributed by atoms with Gasteiger partial charge in [-0.25, -0.2) is 4.98 Å². The predicted octanol–water partition coefficient (Wildman–Crippen LogP) is 8.37. The average Bonchev–Trinajstić information content (AvgIpc) is 2.83. The molecule has 31 heavy (non-hydrogen) atoms. The number of benzene rings is 3. The van der Waals surface area contributed by atoms with Crippen molar-refractivity contribution in [1.29, 1.82) is 0 Å². The van der Waals surface area contributed by atoms with Crippen LogP contribution in [0.2, 0.25) is 0 Å². The van der Waals surface area contributed by atoms with Crippen molar-refractivity contribution in [3.8, 4) is 33.6 Å². The summed E-state index contributed by atoms with van der Waals surface area (Å²) in [6.45, 7) is 8.09. The lowest BCUT2D eigenvalue weighted by atomic mass is 9.98. The Bertz CT molecular complexity index is 1190. The first-order valence-corrected chi connectivity index (χ1v) is 10.7. The van der Waals surface area contributed by atoms with Gasteiger partial charge in [0.1, 0.15) is 0 Å². The monoisotopic (exact) mass is 401 g/mol. The Balaban J connectivity index is 1.57. The van der Waals surface area contributed by atoms with Crippen molar-refractivity contribution in [2.45, 2.75) is 20.3 Å². The summed E-state index contributed by atoms with van der Waals surface area (Å²) in [5, 5.41) is 0. The second-order valence-electron chi connectivity index (χ2n) is 7.71. The third kappa shape index (κ3) is 4.73. The van der Waals surface area contributed by atoms with Crippen molar-refractivity contribution in [3.63, 3.8) is 0 Å². The molecule has 1 heterocycles. The van der Waals surface area contributed by atoms with Crippen LogP contribution in [0.4, 0.5) is 0 Å². The van der Waals surface area contributed by atoms with E-state index in [4.69, 9.17) is 4.98 Å². The highest BCUT2D eigenvalue weighted by Crippen LogP contribution is 2.27. The van der Waals surface area contributed by atoms with Crippen LogP contribution in [0.15, 0.2) is 110 Å². The van der Waals surface area contributed by atoms with Gasteiger partial charge < -0.3 is 0 Å². The zero-order valence-electron chi connectivity index (χ0n) is 18.2. The van der Waals surface area contributed by atoms with Gasteiger partial charge in [0.05, 0.1) is 11.4 Å². The summed E-state index contributed by atoms with van der Waals surface area (Å²) < 4.78 is 0. The van der Waals surface area contributed by atoms with Gasteiger partial charge in [-0.15, -0.1) is 0 Å². The maximum Gasteiger partial charge on any atom is 0.0709 e. The minimum absolute atomic E-state index is 0.988. The minimum Gasteiger partial charge on any atom is -0.248 e. The third-order valence-electron chi connectivity index (χ3n) is 5.57. The van der Waals surface area contributed by atoms with E-state index in [1.165, 1.54) is 27.8 Å². The van der Waals surface area contributed by atoms with Gasteiger partial charge >= 0.3 is 0 Å². The summed E-state index contributed by atoms with van der Waals surface area (Å²) in [5.74, 6) is 0. The van der Waals surface area contributed by atoms with Gasteiger partial charge in [0, 0.05) is 11.1 Å². The largest absolute Gasteiger partial charge is 0.248 e. The van der Waals surface area contributed by atoms with Crippen LogP contribution >= 0.6 is 0 Å². The molecule has 1 heteroatoms. The van der Waals surface area contributed by atoms with E-state index in [0.717, 1.165) is 28.9 Å². The Labute approximate surface area is 185 Å². The summed E-state index contributed by atoms with van der Waals surface area (Å²) >= 11 is 0. The molecule has 0 atom stereocenters. The molecule has 0 saturated carbocycles. The van der Waals surface area contributed by atoms with Gasteiger partial charge in [-0.1, -0.05) is 110 Å². The van der Waals surface area contributed by atoms with Crippen LogP contribution in [0.5, 0.6) is 0 Å². The van der Waals surface area contributed by atoms with Crippen LogP contribution < -0.4 is 0 Å². The molecule has 0 aliphatic heterocycles. The van der Waals surface area contributed by atoms with Crippen LogP contribution in [-0.2, 0) is 0 Å². The van der Waals surface area contributed by atoms with Gasteiger partial charge in [-0.2, -0.15) is 0 Å². The van der Waals surface area contributed by atoms with Crippen molar-refractivity contribution in [1.82, 2.24) is 4.98 Å². The van der Waals surface area contributed by atoms with Gasteiger partial charge in [-0.3, -0.25) is 0 Å². The third-order valence-corrected chi connectivity index (χ3v) is 5.57. The normalized spacial score (nSPS) is 11.4. The van der Waals surface area contributed by atoms with Crippen molar-refractivity contribution >= 4 is 5.57 Å². The Hall–Kier alpha value is -3.71. The first-order chi connectivity index (χ1) is 15.2. The van der Waals surface area contributed by atoms with E-state index >= 15 is 0 Å². The summed E-state index contributed by atoms with van der Waals surface area (Å²) in [4.78, 5) is 4.89. The SMILES string of the molecule is C=C/C=C(/CC)c1ccc(-c2ccc(-c3cccc(-c4ccc(C)cc4)n3)cc2)cc1. The van der Waals surface area contributed by atoms with Gasteiger partial charge in [-0.05, 0) is 47.7 Å². The smallest absolute Gasteiger partial charge is 0.0709 e. The van der Waals surface area contributed by atoms with E-state index < -0.39 is 0 Å². The highest BCUT2D eigenvalue weighted by atomic mass is 14.7. The molecule has 152 valence electrons. The highest BCUT2D eigenvalue weighted by molar-refractivity contribution is 5.73. The number of aromatic nitrogens is 1. The second-order valence-corrected chi connectivity index (χ2v) is 7.71. The standard InChI is InChI=1S/C30H27N/c1-4-7-23(5-2)24-14-16-25(17-15-24)26-18-20-28(21-19-26)30-9-6-8-29(31-30)27-12-10-22(3)11-13-27/h4,6-21H,1,5H2,2-3H3/b23-7-. The molecule has 4 aromatic rings. The van der Waals surface area contributed by atoms with Crippen molar-refractivity contribution in [2.75, 3.05) is 0 Å². The predicted molar refractivity (Wildman–Crippen MR) is 134 cm³/mol. The minimum atomic E-state index is 0.988. The number of hydrogen-bond acceptors (Lipinski definition) is 1. The zero-order chi connectivity index (χ0) is 21.6. The Kier molecular flexibility index (Phi) is 6.24. The van der Waals surface area contributed by atoms with E-state index in [0.29, 0.717) is 0 Å². The molecule has 0 amide bonds. The first kappa shape index (κ1) is 20.6. The molecule has 0 spiro atoms. The number of hydrogen-bond donors (Lipinski definition) is 0. The maximum absolute atomic E-state index is 4.89. The summed E-state index contributed by atoms with van der Waals surface area (Å²) in [6, 6.07) is 32.1. The molecule has 0 N–H and O–H groups in total. The molecule has 0 aliphatic rings. The van der Waals surface area contributed by atoms with E-state index in [1.54, 1.807) is 0 Å². The fourth-order valence-electron chi connectivity index (χ4n) is 3.75. The van der Waals surface area contributed by atoms with Crippen molar-refractivity contribution < 1.29 is 0 Å². The van der Waals surface area contributed by atoms with Crippen LogP contribution in [0.3, 0.4) is 0 Å². The molecule has 4 rings (SSSR count). The number of rotatable bonds is 6. The zero-order valence-corrected chi connectivity index (χ0v) is 18.2. The molecule has 3 aromatic carbocycles. The van der Waals surface area contributed by atoms with Gasteiger partial charge in [0.2, 0.25) is 0 Å². The van der Waals surface area contributed by atoms with E-state index in [9.17, 15) is 0 Å². The summed E-state index contributed by atoms with van der Waals surface area (Å²) in [5.41, 5.74) is 10.5.